The summed E-state index contributed by atoms with van der Waals surface area (Å²) in [5.41, 5.74) is 0. The zero-order valence-corrected chi connectivity index (χ0v) is 26.4. The summed E-state index contributed by atoms with van der Waals surface area (Å²) in [5.74, 6) is 1.85. The second kappa shape index (κ2) is 15.0. The molecule has 0 aliphatic heterocycles. The Morgan fingerprint density at radius 2 is 0.561 bits per heavy atom. The van der Waals surface area contributed by atoms with Crippen LogP contribution in [0.1, 0.15) is 0 Å². The summed E-state index contributed by atoms with van der Waals surface area (Å²) in [4.78, 5) is 0. The molecule has 6 aromatic rings. The molecule has 0 unspecified atom stereocenters. The molecular weight excluding hydrogens is 629 g/mol. The van der Waals surface area contributed by atoms with E-state index in [2.05, 4.69) is 170 Å². The number of rotatable bonds is 8. The zero-order valence-electron chi connectivity index (χ0n) is 22.9. The minimum absolute atomic E-state index is 0. The molecule has 0 atom stereocenters. The van der Waals surface area contributed by atoms with E-state index in [9.17, 15) is 0 Å². The van der Waals surface area contributed by atoms with E-state index >= 15 is 0 Å². The van der Waals surface area contributed by atoms with Gasteiger partial charge in [-0.05, 0) is 72.8 Å². The van der Waals surface area contributed by atoms with Gasteiger partial charge in [0.25, 0.3) is 0 Å². The first-order chi connectivity index (χ1) is 19.4. The molecule has 0 aromatic heterocycles. The van der Waals surface area contributed by atoms with Gasteiger partial charge in [0.1, 0.15) is 47.7 Å². The first kappa shape index (κ1) is 30.6. The molecule has 206 valence electrons. The van der Waals surface area contributed by atoms with E-state index in [4.69, 9.17) is 4.74 Å². The van der Waals surface area contributed by atoms with E-state index in [0.29, 0.717) is 0 Å². The SMILES string of the molecule is [CH3-].[Pd].c1ccc([PH+](c2ccccc2)c2ccccc2Oc2ccccc2[PH+](c2ccccc2)c2ccccc2)cc1. The van der Waals surface area contributed by atoms with Gasteiger partial charge in [0, 0.05) is 20.4 Å². The van der Waals surface area contributed by atoms with Crippen molar-refractivity contribution < 1.29 is 25.2 Å². The molecule has 41 heavy (non-hydrogen) atoms. The van der Waals surface area contributed by atoms with Gasteiger partial charge in [0.2, 0.25) is 0 Å². The quantitative estimate of drug-likeness (QED) is 0.0980. The molecule has 0 aliphatic rings. The fourth-order valence-corrected chi connectivity index (χ4v) is 10.3. The van der Waals surface area contributed by atoms with Crippen LogP contribution in [-0.4, -0.2) is 0 Å². The Bertz CT molecular complexity index is 1420. The zero-order chi connectivity index (χ0) is 26.3. The Morgan fingerprint density at radius 1 is 0.317 bits per heavy atom. The third kappa shape index (κ3) is 7.11. The topological polar surface area (TPSA) is 9.23 Å². The molecule has 0 amide bonds. The van der Waals surface area contributed by atoms with Gasteiger partial charge in [0.15, 0.2) is 11.5 Å². The summed E-state index contributed by atoms with van der Waals surface area (Å²) in [6, 6.07) is 60.6. The first-order valence-electron chi connectivity index (χ1n) is 13.2. The largest absolute Gasteiger partial charge is 0.449 e. The predicted octanol–water partition coefficient (Wildman–Crippen LogP) is 6.91. The van der Waals surface area contributed by atoms with Crippen LogP contribution in [0.4, 0.5) is 0 Å². The summed E-state index contributed by atoms with van der Waals surface area (Å²) in [5, 5.41) is 7.88. The maximum Gasteiger partial charge on any atom is 0.170 e. The van der Waals surface area contributed by atoms with E-state index in [1.807, 2.05) is 0 Å². The van der Waals surface area contributed by atoms with Crippen LogP contribution < -0.4 is 36.6 Å². The van der Waals surface area contributed by atoms with Crippen LogP contribution in [0.3, 0.4) is 0 Å². The standard InChI is InChI=1S/C36H28OP2.CH3.Pd/c1-5-17-29(18-6-1)38(30-19-7-2-8-20-30)35-27-15-13-25-33(35)37-34-26-14-16-28-36(34)39(31-21-9-3-10-22-31)32-23-11-4-12-24-32;;/h1-28H;1H3;/q;-1;/p+2. The Labute approximate surface area is 260 Å². The Morgan fingerprint density at radius 3 is 0.854 bits per heavy atom. The maximum atomic E-state index is 6.94. The molecule has 0 fully saturated rings. The second-order valence-corrected chi connectivity index (χ2v) is 14.2. The number of hydrogen-bond donors (Lipinski definition) is 0. The van der Waals surface area contributed by atoms with Crippen molar-refractivity contribution in [2.75, 3.05) is 0 Å². The smallest absolute Gasteiger partial charge is 0.170 e. The van der Waals surface area contributed by atoms with Crippen LogP contribution in [0.5, 0.6) is 11.5 Å². The van der Waals surface area contributed by atoms with Crippen molar-refractivity contribution in [2.24, 2.45) is 0 Å². The Balaban J connectivity index is 0.00000194. The van der Waals surface area contributed by atoms with Crippen LogP contribution in [0, 0.1) is 7.43 Å². The fraction of sp³-hybridized carbons (Fsp3) is 0. The van der Waals surface area contributed by atoms with Crippen LogP contribution in [0.2, 0.25) is 0 Å². The molecule has 0 heterocycles. The van der Waals surface area contributed by atoms with Gasteiger partial charge < -0.3 is 12.2 Å². The summed E-state index contributed by atoms with van der Waals surface area (Å²) >= 11 is 0. The van der Waals surface area contributed by atoms with E-state index in [1.165, 1.54) is 31.8 Å². The van der Waals surface area contributed by atoms with Gasteiger partial charge in [-0.2, -0.15) is 0 Å². The van der Waals surface area contributed by atoms with Gasteiger partial charge in [-0.3, -0.25) is 0 Å². The third-order valence-electron chi connectivity index (χ3n) is 6.78. The van der Waals surface area contributed by atoms with E-state index in [-0.39, 0.29) is 27.8 Å². The van der Waals surface area contributed by atoms with Crippen molar-refractivity contribution >= 4 is 47.7 Å². The van der Waals surface area contributed by atoms with Crippen molar-refractivity contribution in [3.8, 4) is 11.5 Å². The van der Waals surface area contributed by atoms with Gasteiger partial charge in [-0.15, -0.1) is 0 Å². The number of benzene rings is 6. The van der Waals surface area contributed by atoms with E-state index in [0.717, 1.165) is 11.5 Å². The monoisotopic (exact) mass is 661 g/mol. The average Bonchev–Trinajstić information content (AvgIpc) is 3.01. The van der Waals surface area contributed by atoms with Crippen LogP contribution in [0.15, 0.2) is 170 Å². The minimum Gasteiger partial charge on any atom is -0.449 e. The summed E-state index contributed by atoms with van der Waals surface area (Å²) in [7, 11) is -2.56. The molecule has 6 aromatic carbocycles. The number of hydrogen-bond acceptors (Lipinski definition) is 1. The molecule has 0 saturated carbocycles. The molecule has 0 spiro atoms. The number of ether oxygens (including phenoxy) is 1. The normalized spacial score (nSPS) is 10.5. The van der Waals surface area contributed by atoms with Crippen molar-refractivity contribution in [1.29, 1.82) is 0 Å². The summed E-state index contributed by atoms with van der Waals surface area (Å²) < 4.78 is 6.94. The van der Waals surface area contributed by atoms with Crippen LogP contribution >= 0.6 is 15.8 Å². The maximum absolute atomic E-state index is 6.94. The molecule has 4 heteroatoms. The van der Waals surface area contributed by atoms with E-state index < -0.39 is 15.8 Å². The van der Waals surface area contributed by atoms with Gasteiger partial charge in [0.05, 0.1) is 0 Å². The molecule has 0 N–H and O–H groups in total. The minimum atomic E-state index is -1.28. The van der Waals surface area contributed by atoms with Crippen molar-refractivity contribution in [2.45, 2.75) is 0 Å². The average molecular weight is 662 g/mol. The molecule has 0 radical (unpaired) electrons. The van der Waals surface area contributed by atoms with Crippen molar-refractivity contribution in [3.05, 3.63) is 177 Å². The first-order valence-corrected chi connectivity index (χ1v) is 16.2. The molecule has 0 aliphatic carbocycles. The van der Waals surface area contributed by atoms with Crippen molar-refractivity contribution in [1.82, 2.24) is 0 Å². The Kier molecular flexibility index (Phi) is 11.2. The molecule has 0 bridgehead atoms. The fourth-order valence-electron chi connectivity index (χ4n) is 5.02. The predicted molar refractivity (Wildman–Crippen MR) is 180 cm³/mol. The molecule has 6 rings (SSSR count). The van der Waals surface area contributed by atoms with Crippen LogP contribution in [-0.2, 0) is 20.4 Å². The van der Waals surface area contributed by atoms with Gasteiger partial charge in [-0.25, -0.2) is 0 Å². The summed E-state index contributed by atoms with van der Waals surface area (Å²) in [6.45, 7) is 0. The summed E-state index contributed by atoms with van der Waals surface area (Å²) in [6.07, 6.45) is 0. The molecule has 0 saturated heterocycles. The van der Waals surface area contributed by atoms with Gasteiger partial charge >= 0.3 is 0 Å². The van der Waals surface area contributed by atoms with Gasteiger partial charge in [-0.1, -0.05) is 97.1 Å². The number of para-hydroxylation sites is 2. The second-order valence-electron chi connectivity index (χ2n) is 9.31. The van der Waals surface area contributed by atoms with E-state index in [1.54, 1.807) is 0 Å². The molecular formula is C37H33OP2Pd+. The third-order valence-corrected chi connectivity index (χ3v) is 12.3. The Hall–Kier alpha value is -3.36. The molecule has 1 nitrogen and oxygen atoms in total. The van der Waals surface area contributed by atoms with Crippen molar-refractivity contribution in [3.63, 3.8) is 0 Å². The van der Waals surface area contributed by atoms with Crippen LogP contribution in [0.25, 0.3) is 0 Å².